The molecule has 0 radical (unpaired) electrons. The van der Waals surface area contributed by atoms with Crippen LogP contribution in [0.1, 0.15) is 37.7 Å². The number of hydrogen-bond donors (Lipinski definition) is 0. The fraction of sp³-hybridized carbons (Fsp3) is 0.500. The van der Waals surface area contributed by atoms with Crippen LogP contribution in [0.3, 0.4) is 0 Å². The summed E-state index contributed by atoms with van der Waals surface area (Å²) in [6.07, 6.45) is 5.50. The standard InChI is InChI=1S/C26H31N3O3/c30-25-26(31-23-13-5-2-6-14-24(23)32-26)21-11-7-8-12-22(21)29(25)19-27-15-17-28(18-16-27)20-9-3-1-4-10-20/h1,3-4,7-12,23-24H,2,5-6,13-19H2. The fourth-order valence-corrected chi connectivity index (χ4v) is 5.71. The summed E-state index contributed by atoms with van der Waals surface area (Å²) in [5, 5.41) is 0. The van der Waals surface area contributed by atoms with E-state index in [9.17, 15) is 4.79 Å². The number of fused-ring (bicyclic) bond motifs is 3. The van der Waals surface area contributed by atoms with Crippen molar-refractivity contribution in [2.75, 3.05) is 42.6 Å². The maximum absolute atomic E-state index is 13.8. The van der Waals surface area contributed by atoms with E-state index in [1.165, 1.54) is 12.1 Å². The average Bonchev–Trinajstić information content (AvgIpc) is 3.21. The highest BCUT2D eigenvalue weighted by atomic mass is 16.8. The molecular weight excluding hydrogens is 402 g/mol. The predicted molar refractivity (Wildman–Crippen MR) is 124 cm³/mol. The van der Waals surface area contributed by atoms with Crippen molar-refractivity contribution in [2.24, 2.45) is 0 Å². The van der Waals surface area contributed by atoms with Crippen LogP contribution in [0, 0.1) is 0 Å². The van der Waals surface area contributed by atoms with Gasteiger partial charge in [-0.2, -0.15) is 0 Å². The summed E-state index contributed by atoms with van der Waals surface area (Å²) in [6.45, 7) is 4.32. The minimum Gasteiger partial charge on any atom is -0.369 e. The lowest BCUT2D eigenvalue weighted by molar-refractivity contribution is -0.191. The van der Waals surface area contributed by atoms with Crippen LogP contribution >= 0.6 is 0 Å². The number of amides is 1. The number of piperazine rings is 1. The van der Waals surface area contributed by atoms with Crippen molar-refractivity contribution in [3.63, 3.8) is 0 Å². The van der Waals surface area contributed by atoms with Crippen LogP contribution in [0.2, 0.25) is 0 Å². The van der Waals surface area contributed by atoms with Crippen molar-refractivity contribution in [3.8, 4) is 0 Å². The molecule has 168 valence electrons. The Labute approximate surface area is 189 Å². The van der Waals surface area contributed by atoms with Crippen LogP contribution in [0.5, 0.6) is 0 Å². The number of carbonyl (C=O) groups is 1. The molecule has 2 aromatic carbocycles. The van der Waals surface area contributed by atoms with E-state index >= 15 is 0 Å². The van der Waals surface area contributed by atoms with Gasteiger partial charge in [-0.3, -0.25) is 14.6 Å². The first kappa shape index (κ1) is 20.2. The van der Waals surface area contributed by atoms with Crippen LogP contribution in [0.4, 0.5) is 11.4 Å². The maximum Gasteiger partial charge on any atom is 0.293 e. The highest BCUT2D eigenvalue weighted by Gasteiger charge is 2.61. The Bertz CT molecular complexity index is 959. The summed E-state index contributed by atoms with van der Waals surface area (Å²) < 4.78 is 13.0. The van der Waals surface area contributed by atoms with E-state index in [2.05, 4.69) is 40.1 Å². The Morgan fingerprint density at radius 2 is 1.47 bits per heavy atom. The molecule has 2 aromatic rings. The van der Waals surface area contributed by atoms with Crippen molar-refractivity contribution in [2.45, 2.75) is 50.1 Å². The van der Waals surface area contributed by atoms with E-state index in [1.807, 2.05) is 29.2 Å². The molecule has 0 aromatic heterocycles. The van der Waals surface area contributed by atoms with Crippen LogP contribution in [0.15, 0.2) is 54.6 Å². The second-order valence-corrected chi connectivity index (χ2v) is 9.40. The zero-order valence-corrected chi connectivity index (χ0v) is 18.5. The lowest BCUT2D eigenvalue weighted by Crippen LogP contribution is -2.52. The van der Waals surface area contributed by atoms with Gasteiger partial charge in [0.05, 0.1) is 24.6 Å². The van der Waals surface area contributed by atoms with Crippen LogP contribution in [0.25, 0.3) is 0 Å². The molecule has 2 unspecified atom stereocenters. The average molecular weight is 434 g/mol. The van der Waals surface area contributed by atoms with Crippen LogP contribution in [-0.4, -0.2) is 55.9 Å². The number of rotatable bonds is 3. The van der Waals surface area contributed by atoms with Crippen molar-refractivity contribution in [3.05, 3.63) is 60.2 Å². The van der Waals surface area contributed by atoms with Gasteiger partial charge in [0.1, 0.15) is 0 Å². The summed E-state index contributed by atoms with van der Waals surface area (Å²) in [7, 11) is 0. The molecule has 32 heavy (non-hydrogen) atoms. The molecule has 3 heterocycles. The first-order valence-corrected chi connectivity index (χ1v) is 12.0. The number of para-hydroxylation sites is 2. The number of anilines is 2. The number of benzene rings is 2. The lowest BCUT2D eigenvalue weighted by atomic mass is 10.1. The summed E-state index contributed by atoms with van der Waals surface area (Å²) in [5.74, 6) is -1.31. The SMILES string of the molecule is O=C1N(CN2CCN(c3ccccc3)CC2)c2ccccc2C12OC1CCCCCC1O2. The van der Waals surface area contributed by atoms with Gasteiger partial charge in [-0.25, -0.2) is 0 Å². The van der Waals surface area contributed by atoms with Crippen LogP contribution < -0.4 is 9.80 Å². The van der Waals surface area contributed by atoms with E-state index in [0.29, 0.717) is 6.67 Å². The summed E-state index contributed by atoms with van der Waals surface area (Å²) in [5.41, 5.74) is 3.07. The van der Waals surface area contributed by atoms with Gasteiger partial charge in [-0.05, 0) is 31.0 Å². The third kappa shape index (κ3) is 3.33. The normalized spacial score (nSPS) is 30.4. The Hall–Kier alpha value is -2.41. The molecular formula is C26H31N3O3. The Kier molecular flexibility index (Phi) is 5.17. The van der Waals surface area contributed by atoms with E-state index in [1.54, 1.807) is 0 Å². The minimum atomic E-state index is -1.25. The third-order valence-electron chi connectivity index (χ3n) is 7.44. The van der Waals surface area contributed by atoms with Gasteiger partial charge in [0.15, 0.2) is 0 Å². The Morgan fingerprint density at radius 3 is 2.19 bits per heavy atom. The number of ether oxygens (including phenoxy) is 2. The monoisotopic (exact) mass is 433 g/mol. The number of carbonyl (C=O) groups excluding carboxylic acids is 1. The molecule has 6 rings (SSSR count). The summed E-state index contributed by atoms with van der Waals surface area (Å²) in [6, 6.07) is 18.6. The smallest absolute Gasteiger partial charge is 0.293 e. The van der Waals surface area contributed by atoms with Gasteiger partial charge >= 0.3 is 0 Å². The maximum atomic E-state index is 13.8. The van der Waals surface area contributed by atoms with Gasteiger partial charge in [0.25, 0.3) is 11.7 Å². The highest BCUT2D eigenvalue weighted by Crippen LogP contribution is 2.50. The third-order valence-corrected chi connectivity index (χ3v) is 7.44. The van der Waals surface area contributed by atoms with E-state index in [4.69, 9.17) is 9.47 Å². The molecule has 1 amide bonds. The molecule has 3 aliphatic heterocycles. The molecule has 0 N–H and O–H groups in total. The lowest BCUT2D eigenvalue weighted by Gasteiger charge is -2.38. The molecule has 1 spiro atoms. The van der Waals surface area contributed by atoms with Crippen molar-refractivity contribution < 1.29 is 14.3 Å². The molecule has 6 nitrogen and oxygen atoms in total. The second-order valence-electron chi connectivity index (χ2n) is 9.40. The van der Waals surface area contributed by atoms with Crippen molar-refractivity contribution in [1.82, 2.24) is 4.90 Å². The Morgan fingerprint density at radius 1 is 0.812 bits per heavy atom. The molecule has 3 fully saturated rings. The molecule has 0 bridgehead atoms. The van der Waals surface area contributed by atoms with Gasteiger partial charge in [-0.1, -0.05) is 55.7 Å². The summed E-state index contributed by atoms with van der Waals surface area (Å²) >= 11 is 0. The predicted octanol–water partition coefficient (Wildman–Crippen LogP) is 3.71. The largest absolute Gasteiger partial charge is 0.369 e. The van der Waals surface area contributed by atoms with E-state index in [-0.39, 0.29) is 18.1 Å². The van der Waals surface area contributed by atoms with E-state index in [0.717, 1.165) is 63.1 Å². The van der Waals surface area contributed by atoms with Gasteiger partial charge in [0.2, 0.25) is 0 Å². The number of nitrogens with zero attached hydrogens (tertiary/aromatic N) is 3. The topological polar surface area (TPSA) is 45.3 Å². The quantitative estimate of drug-likeness (QED) is 0.738. The van der Waals surface area contributed by atoms with Gasteiger partial charge in [0, 0.05) is 37.4 Å². The van der Waals surface area contributed by atoms with Crippen LogP contribution in [-0.2, 0) is 20.1 Å². The molecule has 4 aliphatic rings. The molecule has 1 saturated carbocycles. The highest BCUT2D eigenvalue weighted by molar-refractivity contribution is 6.06. The second kappa shape index (κ2) is 8.18. The van der Waals surface area contributed by atoms with Crippen molar-refractivity contribution in [1.29, 1.82) is 0 Å². The Balaban J connectivity index is 1.20. The fourth-order valence-electron chi connectivity index (χ4n) is 5.71. The van der Waals surface area contributed by atoms with Crippen molar-refractivity contribution >= 4 is 17.3 Å². The van der Waals surface area contributed by atoms with E-state index < -0.39 is 5.79 Å². The molecule has 6 heteroatoms. The zero-order chi connectivity index (χ0) is 21.5. The summed E-state index contributed by atoms with van der Waals surface area (Å²) in [4.78, 5) is 20.5. The molecule has 1 aliphatic carbocycles. The number of hydrogen-bond acceptors (Lipinski definition) is 5. The first-order valence-electron chi connectivity index (χ1n) is 12.0. The molecule has 2 saturated heterocycles. The zero-order valence-electron chi connectivity index (χ0n) is 18.5. The van der Waals surface area contributed by atoms with Gasteiger partial charge in [-0.15, -0.1) is 0 Å². The minimum absolute atomic E-state index is 0.0175. The molecule has 2 atom stereocenters. The first-order chi connectivity index (χ1) is 15.7. The van der Waals surface area contributed by atoms with Gasteiger partial charge < -0.3 is 14.4 Å².